The first-order valence-electron chi connectivity index (χ1n) is 13.8. The normalized spacial score (nSPS) is 10.6. The number of nitrogens with one attached hydrogen (secondary N) is 2. The van der Waals surface area contributed by atoms with Gasteiger partial charge < -0.3 is 18.9 Å². The first-order chi connectivity index (χ1) is 22.8. The number of benzene rings is 1. The van der Waals surface area contributed by atoms with Crippen LogP contribution in [0.2, 0.25) is 0 Å². The molecule has 0 radical (unpaired) electrons. The van der Waals surface area contributed by atoms with Crippen molar-refractivity contribution in [2.75, 3.05) is 30.4 Å². The van der Waals surface area contributed by atoms with E-state index in [-0.39, 0.29) is 47.3 Å². The summed E-state index contributed by atoms with van der Waals surface area (Å²) in [6.07, 6.45) is 5.30. The molecule has 0 bridgehead atoms. The summed E-state index contributed by atoms with van der Waals surface area (Å²) < 4.78 is 51.9. The Morgan fingerprint density at radius 2 is 1.64 bits per heavy atom. The fourth-order valence-corrected chi connectivity index (χ4v) is 4.75. The van der Waals surface area contributed by atoms with E-state index in [0.717, 1.165) is 5.56 Å². The Morgan fingerprint density at radius 3 is 2.36 bits per heavy atom. The molecule has 14 nitrogen and oxygen atoms in total. The van der Waals surface area contributed by atoms with Gasteiger partial charge in [-0.1, -0.05) is 36.1 Å². The molecule has 0 aliphatic carbocycles. The molecule has 0 fully saturated rings. The van der Waals surface area contributed by atoms with E-state index in [0.29, 0.717) is 17.1 Å². The number of methoxy groups -OCH3 is 1. The number of aromatic nitrogens is 5. The molecule has 0 saturated heterocycles. The molecule has 0 aliphatic heterocycles. The lowest BCUT2D eigenvalue weighted by molar-refractivity contribution is 0.176. The first kappa shape index (κ1) is 32.1. The monoisotopic (exact) mass is 653 g/mol. The minimum atomic E-state index is -4.26. The number of amides is 1. The topological polar surface area (TPSA) is 177 Å². The van der Waals surface area contributed by atoms with Gasteiger partial charge in [0.25, 0.3) is 15.9 Å². The van der Waals surface area contributed by atoms with E-state index < -0.39 is 16.1 Å². The van der Waals surface area contributed by atoms with Crippen LogP contribution in [0.4, 0.5) is 16.4 Å². The van der Waals surface area contributed by atoms with Gasteiger partial charge in [-0.25, -0.2) is 19.7 Å². The van der Waals surface area contributed by atoms with Gasteiger partial charge in [-0.05, 0) is 55.0 Å². The lowest BCUT2D eigenvalue weighted by Gasteiger charge is -2.17. The average Bonchev–Trinajstić information content (AvgIpc) is 3.08. The molecular weight excluding hydrogens is 626 g/mol. The van der Waals surface area contributed by atoms with Crippen LogP contribution in [-0.2, 0) is 14.8 Å². The third-order valence-corrected chi connectivity index (χ3v) is 7.28. The summed E-state index contributed by atoms with van der Waals surface area (Å²) in [5, 5.41) is 2.24. The largest absolute Gasteiger partial charge is 0.493 e. The van der Waals surface area contributed by atoms with Gasteiger partial charge in [-0.15, -0.1) is 0 Å². The lowest BCUT2D eigenvalue weighted by atomic mass is 10.2. The molecule has 47 heavy (non-hydrogen) atoms. The summed E-state index contributed by atoms with van der Waals surface area (Å²) in [7, 11) is -2.80. The zero-order valence-corrected chi connectivity index (χ0v) is 25.9. The number of rotatable bonds is 11. The van der Waals surface area contributed by atoms with Gasteiger partial charge in [0.05, 0.1) is 7.11 Å². The van der Waals surface area contributed by atoms with Crippen LogP contribution < -0.4 is 24.2 Å². The molecule has 2 N–H and O–H groups in total. The van der Waals surface area contributed by atoms with Crippen LogP contribution >= 0.6 is 0 Å². The van der Waals surface area contributed by atoms with Crippen molar-refractivity contribution in [3.05, 3.63) is 97.1 Å². The van der Waals surface area contributed by atoms with E-state index in [2.05, 4.69) is 46.8 Å². The molecular formula is C32H27N7O7S. The van der Waals surface area contributed by atoms with E-state index in [1.807, 2.05) is 0 Å². The van der Waals surface area contributed by atoms with E-state index >= 15 is 0 Å². The zero-order chi connectivity index (χ0) is 33.1. The van der Waals surface area contributed by atoms with Crippen LogP contribution in [0.25, 0.3) is 11.4 Å². The van der Waals surface area contributed by atoms with Crippen LogP contribution in [0.15, 0.2) is 96.5 Å². The van der Waals surface area contributed by atoms with Crippen molar-refractivity contribution in [3.8, 4) is 46.4 Å². The van der Waals surface area contributed by atoms with E-state index in [9.17, 15) is 13.2 Å². The number of aryl methyl sites for hydroxylation is 1. The van der Waals surface area contributed by atoms with Crippen molar-refractivity contribution in [2.24, 2.45) is 0 Å². The molecule has 1 aromatic carbocycles. The van der Waals surface area contributed by atoms with Crippen LogP contribution in [-0.4, -0.2) is 59.8 Å². The number of nitrogens with zero attached hydrogens (tertiary/aromatic N) is 5. The van der Waals surface area contributed by atoms with E-state index in [4.69, 9.17) is 18.9 Å². The van der Waals surface area contributed by atoms with E-state index in [1.165, 1.54) is 38.0 Å². The molecule has 4 aromatic heterocycles. The third-order valence-electron chi connectivity index (χ3n) is 6.02. The number of hydrogen-bond donors (Lipinski definition) is 2. The minimum Gasteiger partial charge on any atom is -0.493 e. The summed E-state index contributed by atoms with van der Waals surface area (Å²) >= 11 is 0. The van der Waals surface area contributed by atoms with Crippen molar-refractivity contribution in [2.45, 2.75) is 11.9 Å². The van der Waals surface area contributed by atoms with Crippen LogP contribution in [0.5, 0.6) is 23.1 Å². The van der Waals surface area contributed by atoms with Crippen LogP contribution in [0.1, 0.15) is 5.56 Å². The van der Waals surface area contributed by atoms with Crippen molar-refractivity contribution < 1.29 is 32.2 Å². The van der Waals surface area contributed by atoms with Gasteiger partial charge >= 0.3 is 6.09 Å². The fraction of sp³-hybridized carbons (Fsp3) is 0.125. The maximum Gasteiger partial charge on any atom is 0.413 e. The molecule has 4 heterocycles. The van der Waals surface area contributed by atoms with Crippen LogP contribution in [0, 0.1) is 18.8 Å². The second-order valence-corrected chi connectivity index (χ2v) is 11.0. The molecule has 0 atom stereocenters. The standard InChI is InChI=1S/C32H27N7O7S/c1-22-12-13-27(35-21-22)47(41,42)39-30-28(46-25-10-4-3-9-24(25)43-2)31(38-29(37-30)23-14-17-33-18-15-23)44-19-7-8-20-45-32(40)36-26-11-5-6-16-34-26/h3-6,9-18,21H,19-20H2,1-2H3,(H,34,36,40)(H,37,38,39). The van der Waals surface area contributed by atoms with Gasteiger partial charge in [0.2, 0.25) is 5.75 Å². The number of anilines is 2. The third kappa shape index (κ3) is 8.68. The molecule has 0 aliphatic rings. The van der Waals surface area contributed by atoms with Crippen molar-refractivity contribution in [1.82, 2.24) is 24.9 Å². The molecule has 0 unspecified atom stereocenters. The van der Waals surface area contributed by atoms with Gasteiger partial charge in [0.15, 0.2) is 41.4 Å². The number of carbonyl (C=O) groups is 1. The Bertz CT molecular complexity index is 2000. The zero-order valence-electron chi connectivity index (χ0n) is 25.1. The lowest BCUT2D eigenvalue weighted by Crippen LogP contribution is -2.17. The number of hydrogen-bond acceptors (Lipinski definition) is 12. The predicted octanol–water partition coefficient (Wildman–Crippen LogP) is 4.87. The molecule has 238 valence electrons. The Morgan fingerprint density at radius 1 is 0.872 bits per heavy atom. The quantitative estimate of drug-likeness (QED) is 0.185. The number of para-hydroxylation sites is 2. The highest BCUT2D eigenvalue weighted by molar-refractivity contribution is 7.92. The number of pyridine rings is 3. The Balaban J connectivity index is 1.46. The maximum atomic E-state index is 13.5. The van der Waals surface area contributed by atoms with Gasteiger partial charge in [-0.3, -0.25) is 15.0 Å². The van der Waals surface area contributed by atoms with Crippen molar-refractivity contribution >= 4 is 27.8 Å². The summed E-state index contributed by atoms with van der Waals surface area (Å²) in [5.74, 6) is 5.87. The van der Waals surface area contributed by atoms with Crippen molar-refractivity contribution in [3.63, 3.8) is 0 Å². The summed E-state index contributed by atoms with van der Waals surface area (Å²) in [6, 6.07) is 18.1. The van der Waals surface area contributed by atoms with Gasteiger partial charge in [-0.2, -0.15) is 13.4 Å². The van der Waals surface area contributed by atoms with E-state index in [1.54, 1.807) is 67.6 Å². The number of sulfonamides is 1. The summed E-state index contributed by atoms with van der Waals surface area (Å²) in [6.45, 7) is 1.30. The smallest absolute Gasteiger partial charge is 0.413 e. The Labute approximate surface area is 270 Å². The average molecular weight is 654 g/mol. The molecule has 1 amide bonds. The molecule has 15 heteroatoms. The SMILES string of the molecule is COc1ccccc1Oc1c(NS(=O)(=O)c2ccc(C)cn2)nc(-c2ccncc2)nc1OCC#CCOC(=O)Nc1ccccn1. The molecule has 0 spiro atoms. The fourth-order valence-electron chi connectivity index (χ4n) is 3.81. The Hall–Kier alpha value is -6.27. The van der Waals surface area contributed by atoms with Gasteiger partial charge in [0, 0.05) is 30.4 Å². The first-order valence-corrected chi connectivity index (χ1v) is 15.3. The minimum absolute atomic E-state index is 0.104. The second-order valence-electron chi connectivity index (χ2n) is 9.36. The maximum absolute atomic E-state index is 13.5. The molecule has 5 rings (SSSR count). The number of ether oxygens (including phenoxy) is 4. The highest BCUT2D eigenvalue weighted by Gasteiger charge is 2.26. The summed E-state index contributed by atoms with van der Waals surface area (Å²) in [5.41, 5.74) is 1.29. The number of carbonyl (C=O) groups excluding carboxylic acids is 1. The summed E-state index contributed by atoms with van der Waals surface area (Å²) in [4.78, 5) is 33.1. The van der Waals surface area contributed by atoms with Gasteiger partial charge in [0.1, 0.15) is 5.82 Å². The predicted molar refractivity (Wildman–Crippen MR) is 171 cm³/mol. The second kappa shape index (κ2) is 15.1. The highest BCUT2D eigenvalue weighted by Crippen LogP contribution is 2.41. The Kier molecular flexibility index (Phi) is 10.4. The van der Waals surface area contributed by atoms with Crippen LogP contribution in [0.3, 0.4) is 0 Å². The van der Waals surface area contributed by atoms with Crippen molar-refractivity contribution in [1.29, 1.82) is 0 Å². The molecule has 0 saturated carbocycles. The molecule has 5 aromatic rings. The highest BCUT2D eigenvalue weighted by atomic mass is 32.2.